The van der Waals surface area contributed by atoms with Gasteiger partial charge in [0.25, 0.3) is 0 Å². The van der Waals surface area contributed by atoms with E-state index in [0.717, 1.165) is 13.0 Å². The molecule has 0 aromatic heterocycles. The molecule has 2 bridgehead atoms. The minimum atomic E-state index is 0. The van der Waals surface area contributed by atoms with Crippen LogP contribution in [0.3, 0.4) is 0 Å². The molecule has 2 saturated heterocycles. The monoisotopic (exact) mass is 328 g/mol. The molecule has 1 amide bonds. The number of hydrogen-bond donors (Lipinski definition) is 1. The lowest BCUT2D eigenvalue weighted by atomic mass is 9.89. The van der Waals surface area contributed by atoms with Crippen molar-refractivity contribution in [3.63, 3.8) is 0 Å². The van der Waals surface area contributed by atoms with Gasteiger partial charge in [-0.15, -0.1) is 12.4 Å². The van der Waals surface area contributed by atoms with E-state index < -0.39 is 0 Å². The predicted molar refractivity (Wildman–Crippen MR) is 93.3 cm³/mol. The van der Waals surface area contributed by atoms with Crippen LogP contribution in [0.2, 0.25) is 0 Å². The van der Waals surface area contributed by atoms with E-state index in [-0.39, 0.29) is 12.4 Å². The third-order valence-electron chi connectivity index (χ3n) is 5.68. The number of halogens is 1. The van der Waals surface area contributed by atoms with Crippen molar-refractivity contribution < 1.29 is 4.79 Å². The molecule has 1 saturated carbocycles. The SMILES string of the molecule is CC(C)CN(C(=O)CC1CC2CCC(C1)N2)C1CCCC1.Cl. The van der Waals surface area contributed by atoms with Crippen LogP contribution in [0.1, 0.15) is 71.6 Å². The Morgan fingerprint density at radius 1 is 1.09 bits per heavy atom. The Balaban J connectivity index is 0.00000176. The number of hydrogen-bond acceptors (Lipinski definition) is 2. The van der Waals surface area contributed by atoms with Crippen molar-refractivity contribution in [3.05, 3.63) is 0 Å². The van der Waals surface area contributed by atoms with Crippen LogP contribution in [-0.2, 0) is 4.79 Å². The predicted octanol–water partition coefficient (Wildman–Crippen LogP) is 3.76. The summed E-state index contributed by atoms with van der Waals surface area (Å²) in [4.78, 5) is 15.1. The van der Waals surface area contributed by atoms with Crippen molar-refractivity contribution in [1.29, 1.82) is 0 Å². The van der Waals surface area contributed by atoms with Crippen molar-refractivity contribution in [2.75, 3.05) is 6.54 Å². The van der Waals surface area contributed by atoms with E-state index in [0.29, 0.717) is 35.9 Å². The molecule has 0 aromatic rings. The van der Waals surface area contributed by atoms with Crippen molar-refractivity contribution >= 4 is 18.3 Å². The third kappa shape index (κ3) is 4.38. The van der Waals surface area contributed by atoms with E-state index in [2.05, 4.69) is 24.1 Å². The number of nitrogens with one attached hydrogen (secondary N) is 1. The van der Waals surface area contributed by atoms with Gasteiger partial charge in [-0.25, -0.2) is 0 Å². The number of fused-ring (bicyclic) bond motifs is 2. The highest BCUT2D eigenvalue weighted by Crippen LogP contribution is 2.34. The number of nitrogens with zero attached hydrogens (tertiary/aromatic N) is 1. The fourth-order valence-corrected chi connectivity index (χ4v) is 4.77. The molecule has 3 fully saturated rings. The lowest BCUT2D eigenvalue weighted by Crippen LogP contribution is -2.44. The average Bonchev–Trinajstić information content (AvgIpc) is 3.06. The molecule has 0 aromatic carbocycles. The van der Waals surface area contributed by atoms with E-state index in [4.69, 9.17) is 0 Å². The second-order valence-corrected chi connectivity index (χ2v) is 8.06. The van der Waals surface area contributed by atoms with Crippen LogP contribution in [0.5, 0.6) is 0 Å². The molecule has 3 rings (SSSR count). The molecule has 1 N–H and O–H groups in total. The molecule has 1 aliphatic carbocycles. The van der Waals surface area contributed by atoms with Gasteiger partial charge < -0.3 is 10.2 Å². The standard InChI is InChI=1S/C18H32N2O.ClH/c1-13(2)12-20(17-5-3-4-6-17)18(21)11-14-9-15-7-8-16(10-14)19-15;/h13-17,19H,3-12H2,1-2H3;1H. The minimum Gasteiger partial charge on any atom is -0.339 e. The Bertz CT molecular complexity index is 356. The Kier molecular flexibility index (Phi) is 6.58. The van der Waals surface area contributed by atoms with Gasteiger partial charge in [-0.2, -0.15) is 0 Å². The van der Waals surface area contributed by atoms with E-state index in [1.165, 1.54) is 51.4 Å². The maximum Gasteiger partial charge on any atom is 0.223 e. The highest BCUT2D eigenvalue weighted by molar-refractivity contribution is 5.85. The van der Waals surface area contributed by atoms with Crippen LogP contribution in [0.15, 0.2) is 0 Å². The smallest absolute Gasteiger partial charge is 0.223 e. The summed E-state index contributed by atoms with van der Waals surface area (Å²) in [5.74, 6) is 1.66. The van der Waals surface area contributed by atoms with Crippen LogP contribution in [-0.4, -0.2) is 35.5 Å². The first-order valence-electron chi connectivity index (χ1n) is 9.17. The summed E-state index contributed by atoms with van der Waals surface area (Å²) >= 11 is 0. The van der Waals surface area contributed by atoms with Crippen LogP contribution < -0.4 is 5.32 Å². The summed E-state index contributed by atoms with van der Waals surface area (Å²) in [6, 6.07) is 1.94. The molecule has 3 aliphatic rings. The van der Waals surface area contributed by atoms with Crippen molar-refractivity contribution in [2.45, 2.75) is 89.8 Å². The normalized spacial score (nSPS) is 31.3. The Morgan fingerprint density at radius 3 is 2.23 bits per heavy atom. The van der Waals surface area contributed by atoms with Crippen LogP contribution >= 0.6 is 12.4 Å². The molecule has 0 radical (unpaired) electrons. The summed E-state index contributed by atoms with van der Waals surface area (Å²) in [5, 5.41) is 3.69. The summed E-state index contributed by atoms with van der Waals surface area (Å²) in [7, 11) is 0. The van der Waals surface area contributed by atoms with Gasteiger partial charge in [0.15, 0.2) is 0 Å². The van der Waals surface area contributed by atoms with E-state index in [1.807, 2.05) is 0 Å². The Hall–Kier alpha value is -0.280. The van der Waals surface area contributed by atoms with Gasteiger partial charge in [0.2, 0.25) is 5.91 Å². The molecule has 3 nitrogen and oxygen atoms in total. The number of carbonyl (C=O) groups excluding carboxylic acids is 1. The van der Waals surface area contributed by atoms with Gasteiger partial charge in [0, 0.05) is 31.1 Å². The first-order valence-corrected chi connectivity index (χ1v) is 9.17. The maximum absolute atomic E-state index is 12.9. The molecule has 2 unspecified atom stereocenters. The van der Waals surface area contributed by atoms with Crippen molar-refractivity contribution in [1.82, 2.24) is 10.2 Å². The second-order valence-electron chi connectivity index (χ2n) is 8.06. The van der Waals surface area contributed by atoms with Crippen LogP contribution in [0.4, 0.5) is 0 Å². The first-order chi connectivity index (χ1) is 10.1. The fraction of sp³-hybridized carbons (Fsp3) is 0.944. The number of rotatable bonds is 5. The fourth-order valence-electron chi connectivity index (χ4n) is 4.77. The topological polar surface area (TPSA) is 32.3 Å². The first kappa shape index (κ1) is 18.1. The largest absolute Gasteiger partial charge is 0.339 e. The zero-order valence-corrected chi connectivity index (χ0v) is 15.0. The molecular weight excluding hydrogens is 296 g/mol. The minimum absolute atomic E-state index is 0. The molecule has 2 atom stereocenters. The van der Waals surface area contributed by atoms with Gasteiger partial charge in [-0.05, 0) is 50.4 Å². The summed E-state index contributed by atoms with van der Waals surface area (Å²) < 4.78 is 0. The zero-order chi connectivity index (χ0) is 14.8. The molecular formula is C18H33ClN2O. The Labute approximate surface area is 142 Å². The van der Waals surface area contributed by atoms with Gasteiger partial charge in [-0.3, -0.25) is 4.79 Å². The summed E-state index contributed by atoms with van der Waals surface area (Å²) in [5.41, 5.74) is 0. The molecule has 2 heterocycles. The van der Waals surface area contributed by atoms with Gasteiger partial charge >= 0.3 is 0 Å². The maximum atomic E-state index is 12.9. The zero-order valence-electron chi connectivity index (χ0n) is 14.2. The van der Waals surface area contributed by atoms with Crippen LogP contribution in [0, 0.1) is 11.8 Å². The molecule has 0 spiro atoms. The number of carbonyl (C=O) groups is 1. The lowest BCUT2D eigenvalue weighted by molar-refractivity contribution is -0.135. The number of amides is 1. The molecule has 2 aliphatic heterocycles. The molecule has 22 heavy (non-hydrogen) atoms. The average molecular weight is 329 g/mol. The summed E-state index contributed by atoms with van der Waals surface area (Å²) in [6.45, 7) is 5.43. The van der Waals surface area contributed by atoms with E-state index in [1.54, 1.807) is 0 Å². The summed E-state index contributed by atoms with van der Waals surface area (Å²) in [6.07, 6.45) is 11.0. The molecule has 4 heteroatoms. The third-order valence-corrected chi connectivity index (χ3v) is 5.68. The van der Waals surface area contributed by atoms with Crippen molar-refractivity contribution in [3.8, 4) is 0 Å². The van der Waals surface area contributed by atoms with E-state index in [9.17, 15) is 4.79 Å². The second kappa shape index (κ2) is 8.01. The highest BCUT2D eigenvalue weighted by Gasteiger charge is 2.36. The quantitative estimate of drug-likeness (QED) is 0.833. The number of piperidine rings is 1. The lowest BCUT2D eigenvalue weighted by Gasteiger charge is -2.34. The van der Waals surface area contributed by atoms with Crippen LogP contribution in [0.25, 0.3) is 0 Å². The van der Waals surface area contributed by atoms with Gasteiger partial charge in [0.1, 0.15) is 0 Å². The van der Waals surface area contributed by atoms with Crippen molar-refractivity contribution in [2.24, 2.45) is 11.8 Å². The highest BCUT2D eigenvalue weighted by atomic mass is 35.5. The van der Waals surface area contributed by atoms with E-state index >= 15 is 0 Å². The molecule has 128 valence electrons. The Morgan fingerprint density at radius 2 is 1.68 bits per heavy atom. The van der Waals surface area contributed by atoms with Gasteiger partial charge in [-0.1, -0.05) is 26.7 Å². The van der Waals surface area contributed by atoms with Gasteiger partial charge in [0.05, 0.1) is 0 Å².